The Morgan fingerprint density at radius 1 is 0.857 bits per heavy atom. The van der Waals surface area contributed by atoms with Crippen LogP contribution in [0.3, 0.4) is 0 Å². The molecule has 2 aromatic heterocycles. The average molecular weight is 272 g/mol. The van der Waals surface area contributed by atoms with E-state index in [2.05, 4.69) is 77.8 Å². The van der Waals surface area contributed by atoms with Gasteiger partial charge in [0.1, 0.15) is 5.82 Å². The van der Waals surface area contributed by atoms with Gasteiger partial charge in [0.2, 0.25) is 0 Å². The van der Waals surface area contributed by atoms with E-state index in [1.807, 2.05) is 6.20 Å². The van der Waals surface area contributed by atoms with Crippen molar-refractivity contribution in [1.29, 1.82) is 0 Å². The highest BCUT2D eigenvalue weighted by Crippen LogP contribution is 2.26. The van der Waals surface area contributed by atoms with Gasteiger partial charge in [0.05, 0.1) is 17.2 Å². The Balaban J connectivity index is 2.11. The number of aryl methyl sites for hydroxylation is 2. The van der Waals surface area contributed by atoms with Crippen LogP contribution in [-0.4, -0.2) is 9.38 Å². The molecule has 0 amide bonds. The molecule has 0 unspecified atom stereocenters. The molecule has 4 aromatic rings. The van der Waals surface area contributed by atoms with Crippen molar-refractivity contribution in [2.24, 2.45) is 0 Å². The molecule has 0 saturated heterocycles. The van der Waals surface area contributed by atoms with Crippen molar-refractivity contribution in [3.63, 3.8) is 0 Å². The van der Waals surface area contributed by atoms with Crippen LogP contribution in [0, 0.1) is 13.8 Å². The number of aromatic nitrogens is 2. The Morgan fingerprint density at radius 2 is 1.62 bits per heavy atom. The predicted molar refractivity (Wildman–Crippen MR) is 87.6 cm³/mol. The molecule has 0 bridgehead atoms. The lowest BCUT2D eigenvalue weighted by molar-refractivity contribution is 1.21. The highest BCUT2D eigenvalue weighted by molar-refractivity contribution is 5.85. The molecule has 2 heterocycles. The third-order valence-electron chi connectivity index (χ3n) is 3.88. The summed E-state index contributed by atoms with van der Waals surface area (Å²) in [5, 5.41) is 1.23. The maximum atomic E-state index is 4.66. The van der Waals surface area contributed by atoms with Gasteiger partial charge in [-0.3, -0.25) is 4.40 Å². The first-order chi connectivity index (χ1) is 10.2. The van der Waals surface area contributed by atoms with E-state index in [9.17, 15) is 0 Å². The van der Waals surface area contributed by atoms with Gasteiger partial charge in [0.25, 0.3) is 0 Å². The molecule has 0 saturated carbocycles. The topological polar surface area (TPSA) is 17.3 Å². The van der Waals surface area contributed by atoms with Crippen LogP contribution < -0.4 is 0 Å². The zero-order valence-electron chi connectivity index (χ0n) is 12.2. The molecule has 2 nitrogen and oxygen atoms in total. The van der Waals surface area contributed by atoms with Gasteiger partial charge in [0, 0.05) is 5.56 Å². The summed E-state index contributed by atoms with van der Waals surface area (Å²) in [6.45, 7) is 4.26. The Morgan fingerprint density at radius 3 is 2.43 bits per heavy atom. The molecule has 0 aliphatic heterocycles. The molecule has 2 heteroatoms. The van der Waals surface area contributed by atoms with Gasteiger partial charge >= 0.3 is 0 Å². The molecular formula is C19H16N2. The summed E-state index contributed by atoms with van der Waals surface area (Å²) in [6.07, 6.45) is 1.94. The molecule has 0 aliphatic rings. The van der Waals surface area contributed by atoms with E-state index in [0.717, 1.165) is 11.3 Å². The Kier molecular flexibility index (Phi) is 2.58. The Labute approximate surface area is 123 Å². The van der Waals surface area contributed by atoms with Gasteiger partial charge in [-0.1, -0.05) is 41.5 Å². The second-order valence-corrected chi connectivity index (χ2v) is 5.61. The normalized spacial score (nSPS) is 11.3. The molecule has 2 aromatic carbocycles. The van der Waals surface area contributed by atoms with E-state index >= 15 is 0 Å². The zero-order valence-corrected chi connectivity index (χ0v) is 12.2. The number of pyridine rings is 1. The van der Waals surface area contributed by atoms with E-state index in [1.165, 1.54) is 27.6 Å². The maximum Gasteiger partial charge on any atom is 0.145 e. The van der Waals surface area contributed by atoms with E-state index in [4.69, 9.17) is 0 Å². The summed E-state index contributed by atoms with van der Waals surface area (Å²) < 4.78 is 2.24. The fourth-order valence-electron chi connectivity index (χ4n) is 3.05. The van der Waals surface area contributed by atoms with Gasteiger partial charge in [-0.25, -0.2) is 4.98 Å². The minimum absolute atomic E-state index is 1.01. The van der Waals surface area contributed by atoms with Crippen molar-refractivity contribution < 1.29 is 0 Å². The van der Waals surface area contributed by atoms with Crippen molar-refractivity contribution in [1.82, 2.24) is 9.38 Å². The molecular weight excluding hydrogens is 256 g/mol. The largest absolute Gasteiger partial charge is 0.292 e. The Hall–Kier alpha value is -2.61. The quantitative estimate of drug-likeness (QED) is 0.488. The summed E-state index contributed by atoms with van der Waals surface area (Å²) in [5.41, 5.74) is 6.03. The minimum atomic E-state index is 1.01. The molecule has 0 radical (unpaired) electrons. The van der Waals surface area contributed by atoms with Gasteiger partial charge in [-0.05, 0) is 43.5 Å². The van der Waals surface area contributed by atoms with Crippen LogP contribution in [0.2, 0.25) is 0 Å². The number of hydrogen-bond acceptors (Lipinski definition) is 1. The summed E-state index contributed by atoms with van der Waals surface area (Å²) in [4.78, 5) is 4.66. The van der Waals surface area contributed by atoms with E-state index in [0.29, 0.717) is 0 Å². The van der Waals surface area contributed by atoms with Gasteiger partial charge in [0.15, 0.2) is 0 Å². The molecule has 0 aliphatic carbocycles. The zero-order chi connectivity index (χ0) is 14.4. The smallest absolute Gasteiger partial charge is 0.145 e. The minimum Gasteiger partial charge on any atom is -0.292 e. The van der Waals surface area contributed by atoms with Crippen molar-refractivity contribution in [2.45, 2.75) is 13.8 Å². The highest BCUT2D eigenvalue weighted by atomic mass is 15.0. The second-order valence-electron chi connectivity index (χ2n) is 5.61. The number of rotatable bonds is 1. The van der Waals surface area contributed by atoms with Crippen LogP contribution in [0.1, 0.15) is 11.1 Å². The van der Waals surface area contributed by atoms with Crippen LogP contribution >= 0.6 is 0 Å². The van der Waals surface area contributed by atoms with Crippen LogP contribution in [0.25, 0.3) is 27.8 Å². The van der Waals surface area contributed by atoms with E-state index in [-0.39, 0.29) is 0 Å². The standard InChI is InChI=1S/C19H16N2/c1-13-9-14(2)11-16(10-13)19-20-12-17-8-7-15-5-3-4-6-18(15)21(17)19/h3-12H,1-2H3. The number of nitrogens with zero attached hydrogens (tertiary/aromatic N) is 2. The van der Waals surface area contributed by atoms with Crippen LogP contribution in [0.15, 0.2) is 60.8 Å². The third-order valence-corrected chi connectivity index (χ3v) is 3.88. The second kappa shape index (κ2) is 4.45. The molecule has 0 N–H and O–H groups in total. The van der Waals surface area contributed by atoms with Crippen LogP contribution in [0.5, 0.6) is 0 Å². The summed E-state index contributed by atoms with van der Waals surface area (Å²) in [7, 11) is 0. The monoisotopic (exact) mass is 272 g/mol. The molecule has 0 spiro atoms. The molecule has 21 heavy (non-hydrogen) atoms. The number of fused-ring (bicyclic) bond motifs is 3. The fraction of sp³-hybridized carbons (Fsp3) is 0.105. The van der Waals surface area contributed by atoms with Crippen LogP contribution in [0.4, 0.5) is 0 Å². The highest BCUT2D eigenvalue weighted by Gasteiger charge is 2.09. The summed E-state index contributed by atoms with van der Waals surface area (Å²) in [6, 6.07) is 19.3. The van der Waals surface area contributed by atoms with Crippen molar-refractivity contribution in [2.75, 3.05) is 0 Å². The van der Waals surface area contributed by atoms with Crippen molar-refractivity contribution >= 4 is 16.4 Å². The Bertz CT molecular complexity index is 944. The molecule has 0 fully saturated rings. The predicted octanol–water partition coefficient (Wildman–Crippen LogP) is 4.77. The lowest BCUT2D eigenvalue weighted by Crippen LogP contribution is -1.93. The van der Waals surface area contributed by atoms with Gasteiger partial charge < -0.3 is 0 Å². The lowest BCUT2D eigenvalue weighted by atomic mass is 10.1. The van der Waals surface area contributed by atoms with Gasteiger partial charge in [-0.2, -0.15) is 0 Å². The van der Waals surface area contributed by atoms with Gasteiger partial charge in [-0.15, -0.1) is 0 Å². The first-order valence-electron chi connectivity index (χ1n) is 7.16. The van der Waals surface area contributed by atoms with Crippen LogP contribution in [-0.2, 0) is 0 Å². The van der Waals surface area contributed by atoms with E-state index in [1.54, 1.807) is 0 Å². The number of para-hydroxylation sites is 1. The third kappa shape index (κ3) is 1.91. The molecule has 0 atom stereocenters. The fourth-order valence-corrected chi connectivity index (χ4v) is 3.05. The molecule has 102 valence electrons. The average Bonchev–Trinajstić information content (AvgIpc) is 2.90. The SMILES string of the molecule is Cc1cc(C)cc(-c2ncc3ccc4ccccc4n23)c1. The van der Waals surface area contributed by atoms with Crippen molar-refractivity contribution in [3.05, 3.63) is 71.9 Å². The first kappa shape index (κ1) is 12.2. The molecule has 4 rings (SSSR count). The number of benzene rings is 2. The number of hydrogen-bond donors (Lipinski definition) is 0. The number of imidazole rings is 1. The van der Waals surface area contributed by atoms with Crippen molar-refractivity contribution in [3.8, 4) is 11.4 Å². The summed E-state index contributed by atoms with van der Waals surface area (Å²) in [5.74, 6) is 1.01. The van der Waals surface area contributed by atoms with E-state index < -0.39 is 0 Å². The first-order valence-corrected chi connectivity index (χ1v) is 7.16. The maximum absolute atomic E-state index is 4.66. The lowest BCUT2D eigenvalue weighted by Gasteiger charge is -2.08. The summed E-state index contributed by atoms with van der Waals surface area (Å²) >= 11 is 0.